The Bertz CT molecular complexity index is 641. The number of ether oxygens (including phenoxy) is 1. The Kier molecular flexibility index (Phi) is 3.46. The van der Waals surface area contributed by atoms with E-state index in [1.807, 2.05) is 0 Å². The van der Waals surface area contributed by atoms with Gasteiger partial charge in [-0.05, 0) is 30.3 Å². The SMILES string of the molecule is COc1ccc(N)c(C(=O)c2cccc(F)c2F)c1. The number of nitrogen functional groups attached to an aromatic ring is 1. The lowest BCUT2D eigenvalue weighted by atomic mass is 10.0. The number of methoxy groups -OCH3 is 1. The Morgan fingerprint density at radius 3 is 2.58 bits per heavy atom. The average molecular weight is 263 g/mol. The molecule has 2 aromatic carbocycles. The molecule has 0 aliphatic rings. The summed E-state index contributed by atoms with van der Waals surface area (Å²) in [6.07, 6.45) is 0. The highest BCUT2D eigenvalue weighted by Crippen LogP contribution is 2.24. The molecule has 2 rings (SSSR count). The number of halogens is 2. The Morgan fingerprint density at radius 1 is 1.16 bits per heavy atom. The molecule has 5 heteroatoms. The zero-order valence-corrected chi connectivity index (χ0v) is 10.1. The number of carbonyl (C=O) groups is 1. The first-order chi connectivity index (χ1) is 9.04. The van der Waals surface area contributed by atoms with E-state index in [4.69, 9.17) is 10.5 Å². The topological polar surface area (TPSA) is 52.3 Å². The summed E-state index contributed by atoms with van der Waals surface area (Å²) in [5.41, 5.74) is 5.57. The maximum absolute atomic E-state index is 13.6. The minimum atomic E-state index is -1.19. The van der Waals surface area contributed by atoms with Crippen LogP contribution in [0.3, 0.4) is 0 Å². The van der Waals surface area contributed by atoms with E-state index in [0.717, 1.165) is 6.07 Å². The summed E-state index contributed by atoms with van der Waals surface area (Å²) in [7, 11) is 1.43. The van der Waals surface area contributed by atoms with Crippen LogP contribution in [0.25, 0.3) is 0 Å². The van der Waals surface area contributed by atoms with E-state index in [2.05, 4.69) is 0 Å². The van der Waals surface area contributed by atoms with Gasteiger partial charge in [-0.25, -0.2) is 8.78 Å². The fourth-order valence-corrected chi connectivity index (χ4v) is 1.68. The van der Waals surface area contributed by atoms with Gasteiger partial charge in [-0.1, -0.05) is 6.07 Å². The summed E-state index contributed by atoms with van der Waals surface area (Å²) in [4.78, 5) is 12.2. The Morgan fingerprint density at radius 2 is 1.89 bits per heavy atom. The molecule has 0 atom stereocenters. The van der Waals surface area contributed by atoms with E-state index >= 15 is 0 Å². The van der Waals surface area contributed by atoms with Crippen LogP contribution in [0.15, 0.2) is 36.4 Å². The van der Waals surface area contributed by atoms with Crippen molar-refractivity contribution in [2.24, 2.45) is 0 Å². The lowest BCUT2D eigenvalue weighted by molar-refractivity contribution is 0.103. The molecule has 0 fully saturated rings. The van der Waals surface area contributed by atoms with Crippen LogP contribution >= 0.6 is 0 Å². The zero-order valence-electron chi connectivity index (χ0n) is 10.1. The molecule has 0 aliphatic heterocycles. The van der Waals surface area contributed by atoms with Crippen molar-refractivity contribution in [1.29, 1.82) is 0 Å². The maximum atomic E-state index is 13.6. The second-order valence-electron chi connectivity index (χ2n) is 3.88. The molecular weight excluding hydrogens is 252 g/mol. The molecule has 0 bridgehead atoms. The standard InChI is InChI=1S/C14H11F2NO2/c1-19-8-5-6-12(17)10(7-8)14(18)9-3-2-4-11(15)13(9)16/h2-7H,17H2,1H3. The van der Waals surface area contributed by atoms with Crippen molar-refractivity contribution >= 4 is 11.5 Å². The van der Waals surface area contributed by atoms with Crippen LogP contribution in [0.4, 0.5) is 14.5 Å². The van der Waals surface area contributed by atoms with Crippen molar-refractivity contribution in [2.45, 2.75) is 0 Å². The highest BCUT2D eigenvalue weighted by molar-refractivity contribution is 6.12. The highest BCUT2D eigenvalue weighted by Gasteiger charge is 2.19. The van der Waals surface area contributed by atoms with Crippen LogP contribution in [-0.2, 0) is 0 Å². The molecule has 2 N–H and O–H groups in total. The number of ketones is 1. The van der Waals surface area contributed by atoms with Gasteiger partial charge in [0.2, 0.25) is 0 Å². The van der Waals surface area contributed by atoms with Crippen LogP contribution in [0.2, 0.25) is 0 Å². The third-order valence-corrected chi connectivity index (χ3v) is 2.70. The number of anilines is 1. The van der Waals surface area contributed by atoms with E-state index in [1.165, 1.54) is 31.4 Å². The first kappa shape index (κ1) is 13.0. The van der Waals surface area contributed by atoms with Gasteiger partial charge in [0.05, 0.1) is 12.7 Å². The van der Waals surface area contributed by atoms with Gasteiger partial charge in [-0.15, -0.1) is 0 Å². The number of hydrogen-bond donors (Lipinski definition) is 1. The lowest BCUT2D eigenvalue weighted by Gasteiger charge is -2.08. The molecule has 0 aliphatic carbocycles. The van der Waals surface area contributed by atoms with Crippen LogP contribution in [0.5, 0.6) is 5.75 Å². The van der Waals surface area contributed by atoms with Crippen LogP contribution in [-0.4, -0.2) is 12.9 Å². The molecule has 0 unspecified atom stereocenters. The first-order valence-corrected chi connectivity index (χ1v) is 5.47. The second kappa shape index (κ2) is 5.06. The molecule has 0 radical (unpaired) electrons. The zero-order chi connectivity index (χ0) is 14.0. The number of nitrogens with two attached hydrogens (primary N) is 1. The molecule has 0 spiro atoms. The van der Waals surface area contributed by atoms with Gasteiger partial charge in [-0.2, -0.15) is 0 Å². The average Bonchev–Trinajstić information content (AvgIpc) is 2.42. The van der Waals surface area contributed by atoms with E-state index in [1.54, 1.807) is 6.07 Å². The van der Waals surface area contributed by atoms with E-state index in [0.29, 0.717) is 5.75 Å². The largest absolute Gasteiger partial charge is 0.497 e. The van der Waals surface area contributed by atoms with Crippen molar-refractivity contribution in [3.05, 3.63) is 59.2 Å². The second-order valence-corrected chi connectivity index (χ2v) is 3.88. The minimum Gasteiger partial charge on any atom is -0.497 e. The van der Waals surface area contributed by atoms with Crippen LogP contribution in [0.1, 0.15) is 15.9 Å². The summed E-state index contributed by atoms with van der Waals surface area (Å²) in [5.74, 6) is -2.54. The quantitative estimate of drug-likeness (QED) is 0.684. The Balaban J connectivity index is 2.53. The van der Waals surface area contributed by atoms with Crippen LogP contribution < -0.4 is 10.5 Å². The van der Waals surface area contributed by atoms with Crippen molar-refractivity contribution in [3.8, 4) is 5.75 Å². The highest BCUT2D eigenvalue weighted by atomic mass is 19.2. The molecule has 19 heavy (non-hydrogen) atoms. The minimum absolute atomic E-state index is 0.0730. The van der Waals surface area contributed by atoms with E-state index < -0.39 is 17.4 Å². The van der Waals surface area contributed by atoms with Gasteiger partial charge in [0.1, 0.15) is 5.75 Å². The summed E-state index contributed by atoms with van der Waals surface area (Å²) >= 11 is 0. The molecule has 0 saturated heterocycles. The summed E-state index contributed by atoms with van der Waals surface area (Å²) in [5, 5.41) is 0. The molecule has 3 nitrogen and oxygen atoms in total. The first-order valence-electron chi connectivity index (χ1n) is 5.47. The molecule has 0 saturated carbocycles. The molecular formula is C14H11F2NO2. The van der Waals surface area contributed by atoms with Crippen LogP contribution in [0, 0.1) is 11.6 Å². The van der Waals surface area contributed by atoms with Crippen molar-refractivity contribution in [3.63, 3.8) is 0 Å². The lowest BCUT2D eigenvalue weighted by Crippen LogP contribution is -2.09. The smallest absolute Gasteiger partial charge is 0.198 e. The third-order valence-electron chi connectivity index (χ3n) is 2.70. The summed E-state index contributed by atoms with van der Waals surface area (Å²) in [6.45, 7) is 0. The Labute approximate surface area is 108 Å². The summed E-state index contributed by atoms with van der Waals surface area (Å²) < 4.78 is 31.7. The normalized spacial score (nSPS) is 10.3. The van der Waals surface area contributed by atoms with E-state index in [9.17, 15) is 13.6 Å². The number of benzene rings is 2. The van der Waals surface area contributed by atoms with Gasteiger partial charge < -0.3 is 10.5 Å². The molecule has 0 aromatic heterocycles. The third kappa shape index (κ3) is 2.40. The van der Waals surface area contributed by atoms with Gasteiger partial charge in [0.25, 0.3) is 0 Å². The van der Waals surface area contributed by atoms with Gasteiger partial charge in [0, 0.05) is 11.3 Å². The number of carbonyl (C=O) groups excluding carboxylic acids is 1. The predicted molar refractivity (Wildman–Crippen MR) is 67.2 cm³/mol. The van der Waals surface area contributed by atoms with Crippen molar-refractivity contribution in [2.75, 3.05) is 12.8 Å². The van der Waals surface area contributed by atoms with Gasteiger partial charge in [-0.3, -0.25) is 4.79 Å². The molecule has 98 valence electrons. The summed E-state index contributed by atoms with van der Waals surface area (Å²) in [6, 6.07) is 7.86. The fraction of sp³-hybridized carbons (Fsp3) is 0.0714. The molecule has 0 amide bonds. The van der Waals surface area contributed by atoms with Gasteiger partial charge in [0.15, 0.2) is 17.4 Å². The monoisotopic (exact) mass is 263 g/mol. The Hall–Kier alpha value is -2.43. The fourth-order valence-electron chi connectivity index (χ4n) is 1.68. The van der Waals surface area contributed by atoms with Crippen molar-refractivity contribution < 1.29 is 18.3 Å². The molecule has 2 aromatic rings. The maximum Gasteiger partial charge on any atom is 0.198 e. The molecule has 0 heterocycles. The van der Waals surface area contributed by atoms with E-state index in [-0.39, 0.29) is 16.8 Å². The number of hydrogen-bond acceptors (Lipinski definition) is 3. The van der Waals surface area contributed by atoms with Crippen molar-refractivity contribution in [1.82, 2.24) is 0 Å². The number of rotatable bonds is 3. The van der Waals surface area contributed by atoms with Gasteiger partial charge >= 0.3 is 0 Å². The predicted octanol–water partition coefficient (Wildman–Crippen LogP) is 2.79.